The summed E-state index contributed by atoms with van der Waals surface area (Å²) in [5.41, 5.74) is 7.12. The fourth-order valence-electron chi connectivity index (χ4n) is 1.90. The van der Waals surface area contributed by atoms with E-state index in [1.54, 1.807) is 7.11 Å². The molecule has 1 aliphatic rings. The first-order chi connectivity index (χ1) is 6.65. The van der Waals surface area contributed by atoms with Crippen LogP contribution in [0, 0.1) is 0 Å². The molecule has 3 heteroatoms. The van der Waals surface area contributed by atoms with Gasteiger partial charge in [-0.3, -0.25) is 0 Å². The first-order valence-corrected chi connectivity index (χ1v) is 5.16. The summed E-state index contributed by atoms with van der Waals surface area (Å²) >= 11 is 5.89. The maximum Gasteiger partial charge on any atom is 0.125 e. The van der Waals surface area contributed by atoms with Crippen molar-refractivity contribution < 1.29 is 4.74 Å². The minimum absolute atomic E-state index is 0.185. The molecule has 1 fully saturated rings. The monoisotopic (exact) mass is 211 g/mol. The maximum atomic E-state index is 6.23. The van der Waals surface area contributed by atoms with Gasteiger partial charge in [-0.15, -0.1) is 0 Å². The summed E-state index contributed by atoms with van der Waals surface area (Å²) in [6, 6.07) is 5.66. The fraction of sp³-hybridized carbons (Fsp3) is 0.455. The van der Waals surface area contributed by atoms with E-state index in [9.17, 15) is 0 Å². The van der Waals surface area contributed by atoms with E-state index in [4.69, 9.17) is 22.1 Å². The van der Waals surface area contributed by atoms with E-state index >= 15 is 0 Å². The highest BCUT2D eigenvalue weighted by atomic mass is 35.5. The zero-order valence-electron chi connectivity index (χ0n) is 8.22. The number of methoxy groups -OCH3 is 1. The molecular formula is C11H14ClNO. The summed E-state index contributed by atoms with van der Waals surface area (Å²) < 4.78 is 5.28. The molecule has 2 rings (SSSR count). The normalized spacial score (nSPS) is 18.8. The average Bonchev–Trinajstić information content (AvgIpc) is 2.14. The zero-order chi connectivity index (χ0) is 10.2. The Bertz CT molecular complexity index is 347. The quantitative estimate of drug-likeness (QED) is 0.817. The van der Waals surface area contributed by atoms with Crippen molar-refractivity contribution in [1.82, 2.24) is 0 Å². The molecule has 1 aliphatic carbocycles. The van der Waals surface area contributed by atoms with Crippen LogP contribution in [0.2, 0.25) is 5.02 Å². The Kier molecular flexibility index (Phi) is 2.41. The van der Waals surface area contributed by atoms with Crippen LogP contribution in [-0.4, -0.2) is 7.11 Å². The Morgan fingerprint density at radius 3 is 2.64 bits per heavy atom. The molecular weight excluding hydrogens is 198 g/mol. The van der Waals surface area contributed by atoms with Gasteiger partial charge in [0.15, 0.2) is 0 Å². The van der Waals surface area contributed by atoms with Gasteiger partial charge in [-0.1, -0.05) is 17.7 Å². The molecule has 1 aromatic rings. The van der Waals surface area contributed by atoms with Crippen molar-refractivity contribution in [2.24, 2.45) is 5.73 Å². The van der Waals surface area contributed by atoms with Crippen LogP contribution in [-0.2, 0) is 5.54 Å². The van der Waals surface area contributed by atoms with Gasteiger partial charge in [0, 0.05) is 16.1 Å². The minimum atomic E-state index is -0.185. The first kappa shape index (κ1) is 9.81. The van der Waals surface area contributed by atoms with Gasteiger partial charge in [-0.25, -0.2) is 0 Å². The maximum absolute atomic E-state index is 6.23. The van der Waals surface area contributed by atoms with E-state index in [-0.39, 0.29) is 5.54 Å². The third kappa shape index (κ3) is 1.49. The molecule has 76 valence electrons. The lowest BCUT2D eigenvalue weighted by molar-refractivity contribution is 0.244. The summed E-state index contributed by atoms with van der Waals surface area (Å²) in [4.78, 5) is 0. The molecule has 2 N–H and O–H groups in total. The van der Waals surface area contributed by atoms with E-state index in [1.807, 2.05) is 18.2 Å². The van der Waals surface area contributed by atoms with Gasteiger partial charge in [-0.2, -0.15) is 0 Å². The highest BCUT2D eigenvalue weighted by Gasteiger charge is 2.36. The van der Waals surface area contributed by atoms with Crippen molar-refractivity contribution in [1.29, 1.82) is 0 Å². The Morgan fingerprint density at radius 1 is 1.43 bits per heavy atom. The van der Waals surface area contributed by atoms with Gasteiger partial charge in [0.1, 0.15) is 5.75 Å². The lowest BCUT2D eigenvalue weighted by Gasteiger charge is -2.39. The van der Waals surface area contributed by atoms with Gasteiger partial charge < -0.3 is 10.5 Å². The number of benzene rings is 1. The molecule has 0 heterocycles. The SMILES string of the molecule is COc1cc(Cl)ccc1C1(N)CCC1. The number of nitrogens with two attached hydrogens (primary N) is 1. The molecule has 0 atom stereocenters. The predicted molar refractivity (Wildman–Crippen MR) is 57.7 cm³/mol. The van der Waals surface area contributed by atoms with E-state index in [0.29, 0.717) is 5.02 Å². The molecule has 0 unspecified atom stereocenters. The predicted octanol–water partition coefficient (Wildman–Crippen LogP) is 2.69. The number of hydrogen-bond acceptors (Lipinski definition) is 2. The molecule has 0 aromatic heterocycles. The second-order valence-electron chi connectivity index (χ2n) is 3.85. The summed E-state index contributed by atoms with van der Waals surface area (Å²) in [7, 11) is 1.65. The van der Waals surface area contributed by atoms with Crippen molar-refractivity contribution in [3.8, 4) is 5.75 Å². The van der Waals surface area contributed by atoms with Crippen LogP contribution in [0.5, 0.6) is 5.75 Å². The average molecular weight is 212 g/mol. The molecule has 2 nitrogen and oxygen atoms in total. The second kappa shape index (κ2) is 3.44. The Balaban J connectivity index is 2.41. The van der Waals surface area contributed by atoms with E-state index in [2.05, 4.69) is 0 Å². The van der Waals surface area contributed by atoms with Crippen molar-refractivity contribution in [2.75, 3.05) is 7.11 Å². The summed E-state index contributed by atoms with van der Waals surface area (Å²) in [6.07, 6.45) is 3.26. The molecule has 0 saturated heterocycles. The van der Waals surface area contributed by atoms with Crippen molar-refractivity contribution in [3.05, 3.63) is 28.8 Å². The molecule has 0 radical (unpaired) electrons. The molecule has 0 spiro atoms. The second-order valence-corrected chi connectivity index (χ2v) is 4.29. The third-order valence-corrected chi connectivity index (χ3v) is 3.18. The Labute approximate surface area is 89.0 Å². The number of ether oxygens (including phenoxy) is 1. The highest BCUT2D eigenvalue weighted by Crippen LogP contribution is 2.43. The number of halogens is 1. The van der Waals surface area contributed by atoms with Gasteiger partial charge in [0.05, 0.1) is 7.11 Å². The number of rotatable bonds is 2. The molecule has 1 aromatic carbocycles. The van der Waals surface area contributed by atoms with Crippen LogP contribution in [0.3, 0.4) is 0 Å². The third-order valence-electron chi connectivity index (χ3n) is 2.95. The Morgan fingerprint density at radius 2 is 2.14 bits per heavy atom. The van der Waals surface area contributed by atoms with Crippen LogP contribution in [0.15, 0.2) is 18.2 Å². The van der Waals surface area contributed by atoms with Gasteiger partial charge in [-0.05, 0) is 31.4 Å². The minimum Gasteiger partial charge on any atom is -0.496 e. The van der Waals surface area contributed by atoms with Gasteiger partial charge in [0.25, 0.3) is 0 Å². The summed E-state index contributed by atoms with van der Waals surface area (Å²) in [5, 5.41) is 0.688. The Hall–Kier alpha value is -0.730. The number of hydrogen-bond donors (Lipinski definition) is 1. The standard InChI is InChI=1S/C11H14ClNO/c1-14-10-7-8(12)3-4-9(10)11(13)5-2-6-11/h3-4,7H,2,5-6,13H2,1H3. The summed E-state index contributed by atoms with van der Waals surface area (Å²) in [5.74, 6) is 0.805. The van der Waals surface area contributed by atoms with Crippen LogP contribution in [0.1, 0.15) is 24.8 Å². The largest absolute Gasteiger partial charge is 0.496 e. The van der Waals surface area contributed by atoms with E-state index in [1.165, 1.54) is 6.42 Å². The summed E-state index contributed by atoms with van der Waals surface area (Å²) in [6.45, 7) is 0. The van der Waals surface area contributed by atoms with Crippen LogP contribution >= 0.6 is 11.6 Å². The molecule has 14 heavy (non-hydrogen) atoms. The van der Waals surface area contributed by atoms with Crippen LogP contribution in [0.25, 0.3) is 0 Å². The molecule has 0 bridgehead atoms. The lowest BCUT2D eigenvalue weighted by atomic mass is 9.72. The molecule has 0 aliphatic heterocycles. The topological polar surface area (TPSA) is 35.2 Å². The lowest BCUT2D eigenvalue weighted by Crippen LogP contribution is -2.43. The van der Waals surface area contributed by atoms with Crippen molar-refractivity contribution in [3.63, 3.8) is 0 Å². The van der Waals surface area contributed by atoms with Crippen LogP contribution < -0.4 is 10.5 Å². The van der Waals surface area contributed by atoms with Crippen molar-refractivity contribution in [2.45, 2.75) is 24.8 Å². The smallest absolute Gasteiger partial charge is 0.125 e. The van der Waals surface area contributed by atoms with Gasteiger partial charge >= 0.3 is 0 Å². The molecule has 1 saturated carbocycles. The zero-order valence-corrected chi connectivity index (χ0v) is 8.97. The highest BCUT2D eigenvalue weighted by molar-refractivity contribution is 6.30. The molecule has 0 amide bonds. The first-order valence-electron chi connectivity index (χ1n) is 4.79. The van der Waals surface area contributed by atoms with Gasteiger partial charge in [0.2, 0.25) is 0 Å². The van der Waals surface area contributed by atoms with E-state index in [0.717, 1.165) is 24.2 Å². The van der Waals surface area contributed by atoms with Crippen LogP contribution in [0.4, 0.5) is 0 Å². The van der Waals surface area contributed by atoms with Crippen molar-refractivity contribution >= 4 is 11.6 Å². The van der Waals surface area contributed by atoms with E-state index < -0.39 is 0 Å². The fourth-order valence-corrected chi connectivity index (χ4v) is 2.07.